The number of benzene rings is 2. The first kappa shape index (κ1) is 20.8. The van der Waals surface area contributed by atoms with Gasteiger partial charge in [0, 0.05) is 17.2 Å². The molecule has 7 heteroatoms. The Morgan fingerprint density at radius 2 is 1.77 bits per heavy atom. The summed E-state index contributed by atoms with van der Waals surface area (Å²) in [5.41, 5.74) is 0.422. The quantitative estimate of drug-likeness (QED) is 0.254. The van der Waals surface area contributed by atoms with Crippen molar-refractivity contribution in [2.24, 2.45) is 0 Å². The van der Waals surface area contributed by atoms with E-state index < -0.39 is 0 Å². The van der Waals surface area contributed by atoms with Gasteiger partial charge in [0.15, 0.2) is 12.5 Å². The van der Waals surface area contributed by atoms with Crippen molar-refractivity contribution in [3.05, 3.63) is 45.4 Å². The number of unbranched alkanes of at least 4 members (excludes halogenated alkanes) is 3. The molecule has 26 heavy (non-hydrogen) atoms. The van der Waals surface area contributed by atoms with E-state index in [-0.39, 0.29) is 17.5 Å². The van der Waals surface area contributed by atoms with Crippen molar-refractivity contribution in [3.63, 3.8) is 0 Å². The molecule has 0 radical (unpaired) electrons. The summed E-state index contributed by atoms with van der Waals surface area (Å²) in [5, 5.41) is 14.2. The Morgan fingerprint density at radius 1 is 0.962 bits per heavy atom. The van der Waals surface area contributed by atoms with Crippen LogP contribution in [0.5, 0.6) is 17.2 Å². The van der Waals surface area contributed by atoms with Gasteiger partial charge in [-0.2, -0.15) is 0 Å². The van der Waals surface area contributed by atoms with Gasteiger partial charge >= 0.3 is 0 Å². The molecule has 0 spiro atoms. The van der Waals surface area contributed by atoms with Crippen molar-refractivity contribution < 1.29 is 14.6 Å². The summed E-state index contributed by atoms with van der Waals surface area (Å²) in [4.78, 5) is 0. The van der Waals surface area contributed by atoms with Gasteiger partial charge in [-0.05, 0) is 24.6 Å². The van der Waals surface area contributed by atoms with Crippen molar-refractivity contribution >= 4 is 40.5 Å². The van der Waals surface area contributed by atoms with E-state index in [0.29, 0.717) is 33.8 Å². The zero-order valence-electron chi connectivity index (χ0n) is 14.5. The maximum absolute atomic E-state index is 10.1. The van der Waals surface area contributed by atoms with Crippen LogP contribution in [-0.4, -0.2) is 18.4 Å². The second kappa shape index (κ2) is 10.6. The molecule has 0 aliphatic heterocycles. The fourth-order valence-corrected chi connectivity index (χ4v) is 2.97. The zero-order valence-corrected chi connectivity index (χ0v) is 16.8. The summed E-state index contributed by atoms with van der Waals surface area (Å²) in [7, 11) is 0. The third kappa shape index (κ3) is 6.35. The van der Waals surface area contributed by atoms with Gasteiger partial charge in [0.05, 0.1) is 22.3 Å². The SMILES string of the molecule is CCCCCCOc1cc(Cl)c(O)c(NCOc2ccc(Cl)cc2Cl)c1. The van der Waals surface area contributed by atoms with Crippen LogP contribution in [0.25, 0.3) is 0 Å². The van der Waals surface area contributed by atoms with Gasteiger partial charge < -0.3 is 19.9 Å². The van der Waals surface area contributed by atoms with E-state index in [1.165, 1.54) is 12.8 Å². The molecule has 0 aromatic heterocycles. The minimum absolute atomic E-state index is 0.0594. The molecule has 0 aliphatic rings. The number of hydrogen-bond acceptors (Lipinski definition) is 4. The number of phenols is 1. The molecule has 2 aromatic carbocycles. The highest BCUT2D eigenvalue weighted by atomic mass is 35.5. The monoisotopic (exact) mass is 417 g/mol. The first-order valence-corrected chi connectivity index (χ1v) is 9.61. The van der Waals surface area contributed by atoms with Crippen LogP contribution in [0, 0.1) is 0 Å². The second-order valence-electron chi connectivity index (χ2n) is 5.75. The number of hydrogen-bond donors (Lipinski definition) is 2. The molecule has 0 unspecified atom stereocenters. The number of rotatable bonds is 10. The Kier molecular flexibility index (Phi) is 8.49. The molecule has 0 heterocycles. The lowest BCUT2D eigenvalue weighted by Gasteiger charge is -2.14. The Balaban J connectivity index is 1.93. The summed E-state index contributed by atoms with van der Waals surface area (Å²) >= 11 is 18.0. The second-order valence-corrected chi connectivity index (χ2v) is 7.00. The average molecular weight is 419 g/mol. The molecule has 0 saturated heterocycles. The predicted molar refractivity (Wildman–Crippen MR) is 108 cm³/mol. The Hall–Kier alpha value is -1.49. The van der Waals surface area contributed by atoms with Crippen LogP contribution >= 0.6 is 34.8 Å². The van der Waals surface area contributed by atoms with E-state index in [1.54, 1.807) is 30.3 Å². The van der Waals surface area contributed by atoms with Crippen LogP contribution in [0.3, 0.4) is 0 Å². The van der Waals surface area contributed by atoms with Crippen LogP contribution in [0.2, 0.25) is 15.1 Å². The largest absolute Gasteiger partial charge is 0.504 e. The normalized spacial score (nSPS) is 10.6. The summed E-state index contributed by atoms with van der Waals surface area (Å²) in [6.45, 7) is 2.86. The first-order valence-electron chi connectivity index (χ1n) is 8.48. The van der Waals surface area contributed by atoms with Crippen molar-refractivity contribution in [1.29, 1.82) is 0 Å². The van der Waals surface area contributed by atoms with Crippen LogP contribution in [-0.2, 0) is 0 Å². The maximum Gasteiger partial charge on any atom is 0.159 e. The summed E-state index contributed by atoms with van der Waals surface area (Å²) < 4.78 is 11.3. The molecule has 0 amide bonds. The van der Waals surface area contributed by atoms with Crippen LogP contribution in [0.1, 0.15) is 32.6 Å². The van der Waals surface area contributed by atoms with Gasteiger partial charge in [0.25, 0.3) is 0 Å². The molecule has 2 aromatic rings. The van der Waals surface area contributed by atoms with E-state index in [1.807, 2.05) is 0 Å². The van der Waals surface area contributed by atoms with Gasteiger partial charge in [0.2, 0.25) is 0 Å². The fraction of sp³-hybridized carbons (Fsp3) is 0.368. The lowest BCUT2D eigenvalue weighted by Crippen LogP contribution is -2.09. The Labute approximate surface area is 169 Å². The van der Waals surface area contributed by atoms with Gasteiger partial charge in [-0.25, -0.2) is 0 Å². The smallest absolute Gasteiger partial charge is 0.159 e. The van der Waals surface area contributed by atoms with E-state index in [0.717, 1.165) is 12.8 Å². The lowest BCUT2D eigenvalue weighted by atomic mass is 10.2. The van der Waals surface area contributed by atoms with Gasteiger partial charge in [-0.15, -0.1) is 0 Å². The molecular weight excluding hydrogens is 397 g/mol. The third-order valence-corrected chi connectivity index (χ3v) is 4.51. The topological polar surface area (TPSA) is 50.7 Å². The number of aromatic hydroxyl groups is 1. The van der Waals surface area contributed by atoms with E-state index in [9.17, 15) is 5.11 Å². The minimum atomic E-state index is -0.0594. The van der Waals surface area contributed by atoms with Crippen LogP contribution < -0.4 is 14.8 Å². The van der Waals surface area contributed by atoms with Gasteiger partial charge in [-0.3, -0.25) is 0 Å². The van der Waals surface area contributed by atoms with Crippen LogP contribution in [0.4, 0.5) is 5.69 Å². The number of phenolic OH excluding ortho intramolecular Hbond substituents is 1. The molecule has 0 saturated carbocycles. The van der Waals surface area contributed by atoms with Crippen molar-refractivity contribution in [3.8, 4) is 17.2 Å². The summed E-state index contributed by atoms with van der Waals surface area (Å²) in [6.07, 6.45) is 4.48. The highest BCUT2D eigenvalue weighted by Gasteiger charge is 2.10. The van der Waals surface area contributed by atoms with E-state index >= 15 is 0 Å². The molecular formula is C19H22Cl3NO3. The maximum atomic E-state index is 10.1. The summed E-state index contributed by atoms with van der Waals surface area (Å²) in [6, 6.07) is 8.24. The lowest BCUT2D eigenvalue weighted by molar-refractivity contribution is 0.304. The number of nitrogens with one attached hydrogen (secondary N) is 1. The molecule has 142 valence electrons. The Morgan fingerprint density at radius 3 is 2.50 bits per heavy atom. The number of ether oxygens (including phenoxy) is 2. The highest BCUT2D eigenvalue weighted by molar-refractivity contribution is 6.35. The molecule has 0 bridgehead atoms. The standard InChI is InChI=1S/C19H22Cl3NO3/c1-2-3-4-5-8-25-14-10-16(22)19(24)17(11-14)23-12-26-18-7-6-13(20)9-15(18)21/h6-7,9-11,23-24H,2-5,8,12H2,1H3. The van der Waals surface area contributed by atoms with Gasteiger partial charge in [0.1, 0.15) is 11.5 Å². The van der Waals surface area contributed by atoms with E-state index in [4.69, 9.17) is 44.3 Å². The average Bonchev–Trinajstić information content (AvgIpc) is 2.60. The fourth-order valence-electron chi connectivity index (χ4n) is 2.29. The van der Waals surface area contributed by atoms with Crippen LogP contribution in [0.15, 0.2) is 30.3 Å². The molecule has 0 aliphatic carbocycles. The zero-order chi connectivity index (χ0) is 18.9. The number of anilines is 1. The third-order valence-electron chi connectivity index (χ3n) is 3.69. The molecule has 4 nitrogen and oxygen atoms in total. The van der Waals surface area contributed by atoms with Gasteiger partial charge in [-0.1, -0.05) is 61.0 Å². The van der Waals surface area contributed by atoms with Crippen molar-refractivity contribution in [1.82, 2.24) is 0 Å². The molecule has 0 atom stereocenters. The first-order chi connectivity index (χ1) is 12.5. The molecule has 2 rings (SSSR count). The Bertz CT molecular complexity index is 725. The molecule has 0 fully saturated rings. The van der Waals surface area contributed by atoms with Crippen molar-refractivity contribution in [2.45, 2.75) is 32.6 Å². The summed E-state index contributed by atoms with van der Waals surface area (Å²) in [5.74, 6) is 1.02. The highest BCUT2D eigenvalue weighted by Crippen LogP contribution is 2.36. The predicted octanol–water partition coefficient (Wildman–Crippen LogP) is 6.76. The van der Waals surface area contributed by atoms with Crippen molar-refractivity contribution in [2.75, 3.05) is 18.7 Å². The minimum Gasteiger partial charge on any atom is -0.504 e. The number of halogens is 3. The van der Waals surface area contributed by atoms with E-state index in [2.05, 4.69) is 12.2 Å². The molecule has 2 N–H and O–H groups in total.